The quantitative estimate of drug-likeness (QED) is 0.288. The number of benzene rings is 2. The molecule has 9 nitrogen and oxygen atoms in total. The molecule has 2 aromatic carbocycles. The van der Waals surface area contributed by atoms with Gasteiger partial charge in [-0.3, -0.25) is 19.8 Å². The summed E-state index contributed by atoms with van der Waals surface area (Å²) >= 11 is 0. The predicted molar refractivity (Wildman–Crippen MR) is 131 cm³/mol. The zero-order chi connectivity index (χ0) is 25.2. The summed E-state index contributed by atoms with van der Waals surface area (Å²) in [6.45, 7) is 4.23. The van der Waals surface area contributed by atoms with E-state index in [1.54, 1.807) is 43.0 Å². The molecule has 3 atom stereocenters. The summed E-state index contributed by atoms with van der Waals surface area (Å²) in [5.74, 6) is -0.594. The highest BCUT2D eigenvalue weighted by Crippen LogP contribution is 2.35. The topological polar surface area (TPSA) is 130 Å². The van der Waals surface area contributed by atoms with Crippen LogP contribution in [0.25, 0.3) is 10.9 Å². The molecule has 1 fully saturated rings. The molecular weight excluding hydrogens is 446 g/mol. The second-order valence-electron chi connectivity index (χ2n) is 9.13. The summed E-state index contributed by atoms with van der Waals surface area (Å²) in [4.78, 5) is 31.7. The van der Waals surface area contributed by atoms with E-state index in [0.29, 0.717) is 17.9 Å². The summed E-state index contributed by atoms with van der Waals surface area (Å²) in [7, 11) is 1.73. The van der Waals surface area contributed by atoms with Crippen molar-refractivity contribution in [3.63, 3.8) is 0 Å². The largest absolute Gasteiger partial charge is 0.489 e. The molecule has 2 heterocycles. The van der Waals surface area contributed by atoms with Crippen LogP contribution in [-0.4, -0.2) is 52.6 Å². The van der Waals surface area contributed by atoms with Crippen LogP contribution >= 0.6 is 0 Å². The zero-order valence-electron chi connectivity index (χ0n) is 20.1. The Bertz CT molecular complexity index is 1210. The van der Waals surface area contributed by atoms with Crippen LogP contribution in [0.1, 0.15) is 25.0 Å². The van der Waals surface area contributed by atoms with Crippen molar-refractivity contribution in [2.75, 3.05) is 13.6 Å². The number of para-hydroxylation sites is 1. The molecule has 0 bridgehead atoms. The zero-order valence-corrected chi connectivity index (χ0v) is 20.1. The van der Waals surface area contributed by atoms with Crippen molar-refractivity contribution in [2.45, 2.75) is 38.1 Å². The summed E-state index contributed by atoms with van der Waals surface area (Å²) in [6.07, 6.45) is 1.76. The Morgan fingerprint density at radius 1 is 1.23 bits per heavy atom. The third kappa shape index (κ3) is 4.45. The number of hydrogen-bond donors (Lipinski definition) is 4. The molecule has 1 saturated heterocycles. The van der Waals surface area contributed by atoms with E-state index in [4.69, 9.17) is 10.5 Å². The molecule has 4 rings (SSSR count). The first kappa shape index (κ1) is 24.6. The smallest absolute Gasteiger partial charge is 0.266 e. The average Bonchev–Trinajstić information content (AvgIpc) is 3.13. The third-order valence-electron chi connectivity index (χ3n) is 6.70. The Balaban J connectivity index is 1.55. The molecule has 2 amide bonds. The first-order valence-corrected chi connectivity index (χ1v) is 11.6. The molecule has 184 valence electrons. The van der Waals surface area contributed by atoms with Gasteiger partial charge < -0.3 is 20.7 Å². The Morgan fingerprint density at radius 3 is 2.60 bits per heavy atom. The van der Waals surface area contributed by atoms with E-state index in [-0.39, 0.29) is 18.4 Å². The van der Waals surface area contributed by atoms with E-state index in [2.05, 4.69) is 10.3 Å². The predicted octanol–water partition coefficient (Wildman–Crippen LogP) is 1.93. The summed E-state index contributed by atoms with van der Waals surface area (Å²) in [5, 5.41) is 13.3. The number of carbonyl (C=O) groups is 2. The SMILES string of the molecule is CNC1CN(C(C(=O)NO)C(C)C)C(=O)C1(N)c1ccc(OCc2ccnc3ccccc23)cc1. The molecule has 0 aliphatic carbocycles. The van der Waals surface area contributed by atoms with Crippen LogP contribution in [0, 0.1) is 5.92 Å². The number of amides is 2. The van der Waals surface area contributed by atoms with Gasteiger partial charge in [0.05, 0.1) is 11.6 Å². The van der Waals surface area contributed by atoms with Crippen LogP contribution < -0.4 is 21.3 Å². The number of nitrogens with one attached hydrogen (secondary N) is 2. The third-order valence-corrected chi connectivity index (χ3v) is 6.70. The maximum Gasteiger partial charge on any atom is 0.266 e. The van der Waals surface area contributed by atoms with Gasteiger partial charge in [0.2, 0.25) is 5.91 Å². The minimum atomic E-state index is -1.38. The number of nitrogens with two attached hydrogens (primary N) is 1. The number of hydrogen-bond acceptors (Lipinski definition) is 7. The molecule has 3 unspecified atom stereocenters. The summed E-state index contributed by atoms with van der Waals surface area (Å²) < 4.78 is 6.01. The number of hydroxylamine groups is 1. The Kier molecular flexibility index (Phi) is 7.02. The Morgan fingerprint density at radius 2 is 1.94 bits per heavy atom. The van der Waals surface area contributed by atoms with Crippen LogP contribution in [-0.2, 0) is 21.7 Å². The number of aromatic nitrogens is 1. The number of likely N-dealkylation sites (tertiary alicyclic amines) is 1. The molecular formula is C26H31N5O4. The maximum atomic E-state index is 13.5. The lowest BCUT2D eigenvalue weighted by molar-refractivity contribution is -0.145. The van der Waals surface area contributed by atoms with Gasteiger partial charge in [0.1, 0.15) is 23.9 Å². The Labute approximate surface area is 204 Å². The highest BCUT2D eigenvalue weighted by Gasteiger charge is 2.55. The number of carbonyl (C=O) groups excluding carboxylic acids is 2. The van der Waals surface area contributed by atoms with E-state index >= 15 is 0 Å². The molecule has 0 radical (unpaired) electrons. The van der Waals surface area contributed by atoms with Gasteiger partial charge in [0.15, 0.2) is 0 Å². The van der Waals surface area contributed by atoms with Crippen molar-refractivity contribution < 1.29 is 19.5 Å². The fourth-order valence-corrected chi connectivity index (χ4v) is 4.83. The lowest BCUT2D eigenvalue weighted by Crippen LogP contribution is -2.56. The lowest BCUT2D eigenvalue weighted by Gasteiger charge is -2.31. The fraction of sp³-hybridized carbons (Fsp3) is 0.346. The van der Waals surface area contributed by atoms with Gasteiger partial charge in [-0.2, -0.15) is 0 Å². The molecule has 9 heteroatoms. The first-order chi connectivity index (χ1) is 16.8. The standard InChI is InChI=1S/C26H31N5O4/c1-16(2)23(24(32)30-34)31-14-22(28-3)26(27,25(31)33)18-8-10-19(11-9-18)35-15-17-12-13-29-21-7-5-4-6-20(17)21/h4-13,16,22-23,28,34H,14-15,27H2,1-3H3,(H,30,32). The first-order valence-electron chi connectivity index (χ1n) is 11.6. The minimum absolute atomic E-state index is 0.217. The molecule has 5 N–H and O–H groups in total. The van der Waals surface area contributed by atoms with Crippen LogP contribution in [0.2, 0.25) is 0 Å². The van der Waals surface area contributed by atoms with E-state index in [9.17, 15) is 14.8 Å². The number of likely N-dealkylation sites (N-methyl/N-ethyl adjacent to an activating group) is 1. The average molecular weight is 478 g/mol. The lowest BCUT2D eigenvalue weighted by atomic mass is 9.85. The van der Waals surface area contributed by atoms with Crippen molar-refractivity contribution in [1.82, 2.24) is 20.7 Å². The normalized spacial score (nSPS) is 20.9. The molecule has 3 aromatic rings. The number of rotatable bonds is 8. The molecule has 0 saturated carbocycles. The van der Waals surface area contributed by atoms with E-state index in [1.807, 2.05) is 44.2 Å². The second-order valence-corrected chi connectivity index (χ2v) is 9.13. The van der Waals surface area contributed by atoms with Crippen molar-refractivity contribution in [1.29, 1.82) is 0 Å². The van der Waals surface area contributed by atoms with Crippen molar-refractivity contribution in [2.24, 2.45) is 11.7 Å². The van der Waals surface area contributed by atoms with Crippen LogP contribution in [0.3, 0.4) is 0 Å². The van der Waals surface area contributed by atoms with Crippen LogP contribution in [0.5, 0.6) is 5.75 Å². The second kappa shape index (κ2) is 9.99. The summed E-state index contributed by atoms with van der Waals surface area (Å²) in [5.41, 5.74) is 9.57. The highest BCUT2D eigenvalue weighted by molar-refractivity contribution is 5.95. The monoisotopic (exact) mass is 477 g/mol. The van der Waals surface area contributed by atoms with Crippen molar-refractivity contribution >= 4 is 22.7 Å². The fourth-order valence-electron chi connectivity index (χ4n) is 4.83. The Hall–Kier alpha value is -3.53. The van der Waals surface area contributed by atoms with Gasteiger partial charge in [-0.1, -0.05) is 44.2 Å². The van der Waals surface area contributed by atoms with Crippen LogP contribution in [0.15, 0.2) is 60.8 Å². The number of fused-ring (bicyclic) bond motifs is 1. The van der Waals surface area contributed by atoms with Crippen LogP contribution in [0.4, 0.5) is 0 Å². The number of pyridine rings is 1. The van der Waals surface area contributed by atoms with E-state index in [1.165, 1.54) is 4.90 Å². The van der Waals surface area contributed by atoms with Gasteiger partial charge in [-0.15, -0.1) is 0 Å². The van der Waals surface area contributed by atoms with Crippen molar-refractivity contribution in [3.05, 3.63) is 71.9 Å². The maximum absolute atomic E-state index is 13.5. The van der Waals surface area contributed by atoms with Gasteiger partial charge in [-0.05, 0) is 42.8 Å². The molecule has 1 aliphatic heterocycles. The van der Waals surface area contributed by atoms with Crippen molar-refractivity contribution in [3.8, 4) is 5.75 Å². The van der Waals surface area contributed by atoms with Gasteiger partial charge in [0, 0.05) is 23.7 Å². The highest BCUT2D eigenvalue weighted by atomic mass is 16.5. The van der Waals surface area contributed by atoms with E-state index < -0.39 is 23.5 Å². The van der Waals surface area contributed by atoms with Gasteiger partial charge in [-0.25, -0.2) is 5.48 Å². The summed E-state index contributed by atoms with van der Waals surface area (Å²) in [6, 6.07) is 15.7. The molecule has 1 aliphatic rings. The molecule has 1 aromatic heterocycles. The molecule has 35 heavy (non-hydrogen) atoms. The minimum Gasteiger partial charge on any atom is -0.489 e. The number of ether oxygens (including phenoxy) is 1. The van der Waals surface area contributed by atoms with Gasteiger partial charge in [0.25, 0.3) is 5.91 Å². The molecule has 0 spiro atoms. The van der Waals surface area contributed by atoms with Gasteiger partial charge >= 0.3 is 0 Å². The van der Waals surface area contributed by atoms with E-state index in [0.717, 1.165) is 16.5 Å². The number of nitrogens with zero attached hydrogens (tertiary/aromatic N) is 2.